The molecule has 1 aromatic carbocycles. The van der Waals surface area contributed by atoms with E-state index in [-0.39, 0.29) is 22.8 Å². The molecule has 0 N–H and O–H groups in total. The predicted octanol–water partition coefficient (Wildman–Crippen LogP) is 6.99. The summed E-state index contributed by atoms with van der Waals surface area (Å²) in [4.78, 5) is 26.5. The lowest BCUT2D eigenvalue weighted by Gasteiger charge is -2.55. The van der Waals surface area contributed by atoms with Gasteiger partial charge in [0.2, 0.25) is 0 Å². The molecule has 0 aromatic heterocycles. The van der Waals surface area contributed by atoms with E-state index in [1.165, 1.54) is 51.4 Å². The summed E-state index contributed by atoms with van der Waals surface area (Å²) in [6.07, 6.45) is 15.8. The lowest BCUT2D eigenvalue weighted by molar-refractivity contribution is -0.131. The highest BCUT2D eigenvalue weighted by Crippen LogP contribution is 2.57. The van der Waals surface area contributed by atoms with Crippen LogP contribution in [0.1, 0.15) is 111 Å². The molecule has 6 aliphatic rings. The van der Waals surface area contributed by atoms with Gasteiger partial charge < -0.3 is 4.74 Å². The van der Waals surface area contributed by atoms with Crippen LogP contribution in [0.15, 0.2) is 24.3 Å². The van der Waals surface area contributed by atoms with E-state index in [1.54, 1.807) is 0 Å². The highest BCUT2D eigenvalue weighted by Gasteiger charge is 2.53. The van der Waals surface area contributed by atoms with Gasteiger partial charge in [-0.25, -0.2) is 4.79 Å². The number of ether oxygens (including phenoxy) is 1. The molecule has 3 heteroatoms. The van der Waals surface area contributed by atoms with E-state index in [4.69, 9.17) is 4.74 Å². The summed E-state index contributed by atoms with van der Waals surface area (Å²) in [5, 5.41) is 0. The molecular formula is C29H38O3. The van der Waals surface area contributed by atoms with Crippen molar-refractivity contribution in [1.82, 2.24) is 0 Å². The third-order valence-electron chi connectivity index (χ3n) is 10.1. The molecule has 0 spiro atoms. The Hall–Kier alpha value is -1.64. The maximum atomic E-state index is 13.5. The summed E-state index contributed by atoms with van der Waals surface area (Å²) in [5.74, 6) is 3.91. The van der Waals surface area contributed by atoms with Crippen LogP contribution in [0, 0.1) is 35.0 Å². The van der Waals surface area contributed by atoms with Crippen molar-refractivity contribution in [3.05, 3.63) is 35.4 Å². The first-order chi connectivity index (χ1) is 15.4. The summed E-state index contributed by atoms with van der Waals surface area (Å²) in [5.41, 5.74) is 0.887. The summed E-state index contributed by atoms with van der Waals surface area (Å²) < 4.78 is 6.21. The van der Waals surface area contributed by atoms with E-state index in [2.05, 4.69) is 6.92 Å². The Bertz CT molecular complexity index is 864. The van der Waals surface area contributed by atoms with E-state index in [0.717, 1.165) is 67.3 Å². The highest BCUT2D eigenvalue weighted by atomic mass is 16.6. The zero-order valence-corrected chi connectivity index (χ0v) is 19.6. The Kier molecular flexibility index (Phi) is 5.04. The second-order valence-corrected chi connectivity index (χ2v) is 12.5. The minimum Gasteiger partial charge on any atom is -0.455 e. The third kappa shape index (κ3) is 3.64. The molecular weight excluding hydrogens is 396 g/mol. The van der Waals surface area contributed by atoms with Gasteiger partial charge in [-0.15, -0.1) is 0 Å². The van der Waals surface area contributed by atoms with Crippen molar-refractivity contribution in [2.24, 2.45) is 35.0 Å². The molecule has 0 radical (unpaired) electrons. The van der Waals surface area contributed by atoms with E-state index in [1.807, 2.05) is 24.3 Å². The van der Waals surface area contributed by atoms with Gasteiger partial charge in [-0.3, -0.25) is 4.79 Å². The molecule has 7 rings (SSSR count). The minimum absolute atomic E-state index is 0.195. The summed E-state index contributed by atoms with van der Waals surface area (Å²) >= 11 is 0. The molecule has 1 aromatic rings. The van der Waals surface area contributed by atoms with Crippen LogP contribution in [0.25, 0.3) is 0 Å². The zero-order valence-electron chi connectivity index (χ0n) is 19.6. The highest BCUT2D eigenvalue weighted by molar-refractivity contribution is 6.01. The van der Waals surface area contributed by atoms with Crippen LogP contribution in [0.2, 0.25) is 0 Å². The van der Waals surface area contributed by atoms with E-state index in [0.29, 0.717) is 5.56 Å². The van der Waals surface area contributed by atoms with Gasteiger partial charge in [0.1, 0.15) is 5.60 Å². The van der Waals surface area contributed by atoms with Crippen molar-refractivity contribution in [3.8, 4) is 0 Å². The van der Waals surface area contributed by atoms with Gasteiger partial charge in [0.05, 0.1) is 5.56 Å². The molecule has 32 heavy (non-hydrogen) atoms. The van der Waals surface area contributed by atoms with Crippen LogP contribution >= 0.6 is 0 Å². The number of Topliss-reactive ketones (excluding diaryl/α,β-unsaturated/α-hetero) is 1. The minimum atomic E-state index is -0.250. The van der Waals surface area contributed by atoms with Gasteiger partial charge in [0, 0.05) is 11.0 Å². The van der Waals surface area contributed by atoms with Crippen LogP contribution in [0.3, 0.4) is 0 Å². The molecule has 3 atom stereocenters. The first-order valence-electron chi connectivity index (χ1n) is 13.3. The second-order valence-electron chi connectivity index (χ2n) is 12.5. The van der Waals surface area contributed by atoms with Crippen LogP contribution in [0.4, 0.5) is 0 Å². The fourth-order valence-corrected chi connectivity index (χ4v) is 8.84. The summed E-state index contributed by atoms with van der Waals surface area (Å²) in [7, 11) is 0. The molecule has 0 amide bonds. The van der Waals surface area contributed by atoms with E-state index >= 15 is 0 Å². The summed E-state index contributed by atoms with van der Waals surface area (Å²) in [6, 6.07) is 7.39. The molecule has 0 unspecified atom stereocenters. The van der Waals surface area contributed by atoms with Gasteiger partial charge in [-0.2, -0.15) is 0 Å². The fraction of sp³-hybridized carbons (Fsp3) is 0.724. The zero-order chi connectivity index (χ0) is 21.9. The van der Waals surface area contributed by atoms with Crippen LogP contribution in [-0.4, -0.2) is 17.4 Å². The number of benzene rings is 1. The third-order valence-corrected chi connectivity index (χ3v) is 10.1. The Morgan fingerprint density at radius 3 is 1.97 bits per heavy atom. The molecule has 0 saturated heterocycles. The first-order valence-corrected chi connectivity index (χ1v) is 13.3. The smallest absolute Gasteiger partial charge is 0.338 e. The quantitative estimate of drug-likeness (QED) is 0.379. The SMILES string of the molecule is C[C@@]1(C(=O)c2ccc(C(=O)OC34CC5CC(CC(C5)C3)C4)cc2)CC[C@@H]2CCCC[C@H]2C1. The Morgan fingerprint density at radius 1 is 0.781 bits per heavy atom. The Balaban J connectivity index is 1.13. The molecule has 0 heterocycles. The molecule has 6 fully saturated rings. The first kappa shape index (κ1) is 20.9. The molecule has 4 bridgehead atoms. The van der Waals surface area contributed by atoms with Crippen molar-refractivity contribution in [1.29, 1.82) is 0 Å². The number of carbonyl (C=O) groups excluding carboxylic acids is 2. The maximum Gasteiger partial charge on any atom is 0.338 e. The predicted molar refractivity (Wildman–Crippen MR) is 124 cm³/mol. The van der Waals surface area contributed by atoms with Crippen molar-refractivity contribution in [2.45, 2.75) is 96.0 Å². The molecule has 172 valence electrons. The van der Waals surface area contributed by atoms with Crippen LogP contribution in [-0.2, 0) is 4.74 Å². The second kappa shape index (κ2) is 7.71. The van der Waals surface area contributed by atoms with Crippen molar-refractivity contribution < 1.29 is 14.3 Å². The van der Waals surface area contributed by atoms with Gasteiger partial charge in [-0.1, -0.05) is 44.7 Å². The molecule has 6 saturated carbocycles. The Labute approximate surface area is 192 Å². The van der Waals surface area contributed by atoms with Crippen LogP contribution < -0.4 is 0 Å². The number of fused-ring (bicyclic) bond motifs is 1. The fourth-order valence-electron chi connectivity index (χ4n) is 8.84. The van der Waals surface area contributed by atoms with Crippen molar-refractivity contribution in [2.75, 3.05) is 0 Å². The molecule has 0 aliphatic heterocycles. The van der Waals surface area contributed by atoms with Gasteiger partial charge in [0.15, 0.2) is 5.78 Å². The van der Waals surface area contributed by atoms with E-state index < -0.39 is 0 Å². The number of rotatable bonds is 4. The van der Waals surface area contributed by atoms with Crippen molar-refractivity contribution in [3.63, 3.8) is 0 Å². The normalized spacial score (nSPS) is 42.3. The number of hydrogen-bond acceptors (Lipinski definition) is 3. The monoisotopic (exact) mass is 434 g/mol. The average molecular weight is 435 g/mol. The van der Waals surface area contributed by atoms with Crippen LogP contribution in [0.5, 0.6) is 0 Å². The lowest BCUT2D eigenvalue weighted by Crippen LogP contribution is -2.52. The maximum absolute atomic E-state index is 13.5. The summed E-state index contributed by atoms with van der Waals surface area (Å²) in [6.45, 7) is 2.18. The van der Waals surface area contributed by atoms with Gasteiger partial charge in [0.25, 0.3) is 0 Å². The lowest BCUT2D eigenvalue weighted by atomic mass is 9.54. The number of ketones is 1. The number of esters is 1. The topological polar surface area (TPSA) is 43.4 Å². The Morgan fingerprint density at radius 2 is 1.34 bits per heavy atom. The largest absolute Gasteiger partial charge is 0.455 e. The van der Waals surface area contributed by atoms with Crippen molar-refractivity contribution >= 4 is 11.8 Å². The number of hydrogen-bond donors (Lipinski definition) is 0. The van der Waals surface area contributed by atoms with E-state index in [9.17, 15) is 9.59 Å². The standard InChI is InChI=1S/C29H38O3/c1-28(11-10-22-4-2-3-5-25(22)18-28)26(30)23-6-8-24(9-7-23)27(31)32-29-15-19-12-20(16-29)14-21(13-19)17-29/h6-9,19-22,25H,2-5,10-18H2,1H3/t19?,20?,21?,22-,25-,28+,29?/m0/s1. The molecule has 6 aliphatic carbocycles. The molecule has 3 nitrogen and oxygen atoms in total. The number of carbonyl (C=O) groups is 2. The van der Waals surface area contributed by atoms with Gasteiger partial charge in [-0.05, 0) is 99.5 Å². The van der Waals surface area contributed by atoms with Gasteiger partial charge >= 0.3 is 5.97 Å². The average Bonchev–Trinajstić information content (AvgIpc) is 2.77.